The molecule has 0 amide bonds. The molecule has 17 heavy (non-hydrogen) atoms. The Morgan fingerprint density at radius 3 is 2.59 bits per heavy atom. The zero-order valence-corrected chi connectivity index (χ0v) is 12.9. The first-order valence-electron chi connectivity index (χ1n) is 5.07. The zero-order chi connectivity index (χ0) is 13.1. The molecule has 0 saturated carbocycles. The molecule has 96 valence electrons. The summed E-state index contributed by atoms with van der Waals surface area (Å²) in [6.07, 6.45) is 0.737. The van der Waals surface area contributed by atoms with Crippen LogP contribution in [0.4, 0.5) is 0 Å². The van der Waals surface area contributed by atoms with Crippen LogP contribution >= 0.6 is 27.7 Å². The minimum atomic E-state index is -2.90. The molecule has 1 rings (SSSR count). The number of rotatable bonds is 5. The van der Waals surface area contributed by atoms with E-state index in [1.165, 1.54) is 18.0 Å². The van der Waals surface area contributed by atoms with Gasteiger partial charge in [0.15, 0.2) is 0 Å². The van der Waals surface area contributed by atoms with Gasteiger partial charge >= 0.3 is 0 Å². The first-order valence-corrected chi connectivity index (χ1v) is 8.91. The summed E-state index contributed by atoms with van der Waals surface area (Å²) in [5.74, 6) is 0.702. The summed E-state index contributed by atoms with van der Waals surface area (Å²) >= 11 is 4.90. The lowest BCUT2D eigenvalue weighted by Crippen LogP contribution is -2.05. The fraction of sp³-hybridized carbons (Fsp3) is 0.455. The van der Waals surface area contributed by atoms with Gasteiger partial charge in [0.2, 0.25) is 0 Å². The highest BCUT2D eigenvalue weighted by Gasteiger charge is 2.07. The number of thioether (sulfide) groups is 1. The van der Waals surface area contributed by atoms with E-state index in [0.29, 0.717) is 5.75 Å². The van der Waals surface area contributed by atoms with Gasteiger partial charge in [-0.25, -0.2) is 8.42 Å². The molecule has 1 atom stereocenters. The van der Waals surface area contributed by atoms with E-state index >= 15 is 0 Å². The molecular weight excluding hydrogens is 324 g/mol. The molecule has 1 aromatic carbocycles. The number of aliphatic hydroxyl groups excluding tert-OH is 1. The van der Waals surface area contributed by atoms with Crippen molar-refractivity contribution in [1.29, 1.82) is 0 Å². The Hall–Kier alpha value is -0.0400. The molecule has 0 bridgehead atoms. The van der Waals surface area contributed by atoms with Crippen molar-refractivity contribution in [3.05, 3.63) is 28.2 Å². The van der Waals surface area contributed by atoms with Gasteiger partial charge in [-0.2, -0.15) is 0 Å². The van der Waals surface area contributed by atoms with Gasteiger partial charge in [0.25, 0.3) is 0 Å². The van der Waals surface area contributed by atoms with E-state index in [1.807, 2.05) is 18.2 Å². The Balaban J connectivity index is 2.67. The van der Waals surface area contributed by atoms with Crippen LogP contribution in [-0.2, 0) is 9.84 Å². The highest BCUT2D eigenvalue weighted by atomic mass is 79.9. The van der Waals surface area contributed by atoms with Gasteiger partial charge in [-0.05, 0) is 40.5 Å². The van der Waals surface area contributed by atoms with Crippen molar-refractivity contribution in [3.8, 4) is 0 Å². The smallest absolute Gasteiger partial charge is 0.148 e. The molecule has 0 heterocycles. The molecule has 0 spiro atoms. The van der Waals surface area contributed by atoms with Crippen LogP contribution in [0.3, 0.4) is 0 Å². The molecule has 0 aliphatic heterocycles. The second kappa shape index (κ2) is 6.22. The Morgan fingerprint density at radius 1 is 1.47 bits per heavy atom. The van der Waals surface area contributed by atoms with Gasteiger partial charge in [-0.1, -0.05) is 6.07 Å². The molecular formula is C11H15BrO3S2. The summed E-state index contributed by atoms with van der Waals surface area (Å²) in [5, 5.41) is 9.41. The van der Waals surface area contributed by atoms with Crippen LogP contribution in [0.2, 0.25) is 0 Å². The van der Waals surface area contributed by atoms with Crippen molar-refractivity contribution in [3.63, 3.8) is 0 Å². The first-order chi connectivity index (χ1) is 7.79. The third-order valence-electron chi connectivity index (χ3n) is 2.15. The third kappa shape index (κ3) is 5.42. The van der Waals surface area contributed by atoms with Gasteiger partial charge in [0, 0.05) is 21.4 Å². The molecule has 0 fully saturated rings. The van der Waals surface area contributed by atoms with E-state index in [1.54, 1.807) is 6.92 Å². The van der Waals surface area contributed by atoms with E-state index in [-0.39, 0.29) is 5.75 Å². The summed E-state index contributed by atoms with van der Waals surface area (Å²) in [5.41, 5.74) is 0.837. The molecule has 0 radical (unpaired) electrons. The van der Waals surface area contributed by atoms with E-state index in [4.69, 9.17) is 0 Å². The van der Waals surface area contributed by atoms with Crippen LogP contribution in [0, 0.1) is 0 Å². The van der Waals surface area contributed by atoms with Gasteiger partial charge < -0.3 is 5.11 Å². The third-order valence-corrected chi connectivity index (χ3v) is 5.35. The zero-order valence-electron chi connectivity index (χ0n) is 9.68. The first kappa shape index (κ1) is 15.0. The number of aliphatic hydroxyl groups is 1. The predicted octanol–water partition coefficient (Wildman–Crippen LogP) is 2.64. The largest absolute Gasteiger partial charge is 0.389 e. The average molecular weight is 339 g/mol. The maximum absolute atomic E-state index is 11.0. The highest BCUT2D eigenvalue weighted by Crippen LogP contribution is 2.30. The van der Waals surface area contributed by atoms with Crippen LogP contribution < -0.4 is 0 Å². The van der Waals surface area contributed by atoms with Crippen molar-refractivity contribution in [2.24, 2.45) is 0 Å². The lowest BCUT2D eigenvalue weighted by atomic mass is 10.1. The van der Waals surface area contributed by atoms with E-state index in [0.717, 1.165) is 14.9 Å². The van der Waals surface area contributed by atoms with Gasteiger partial charge in [-0.3, -0.25) is 0 Å². The fourth-order valence-electron chi connectivity index (χ4n) is 1.20. The number of hydrogen-bond donors (Lipinski definition) is 1. The quantitative estimate of drug-likeness (QED) is 0.838. The minimum absolute atomic E-state index is 0.169. The second-order valence-corrected chi connectivity index (χ2v) is 8.10. The summed E-state index contributed by atoms with van der Waals surface area (Å²) in [4.78, 5) is 0.984. The summed E-state index contributed by atoms with van der Waals surface area (Å²) in [6.45, 7) is 1.71. The molecule has 1 N–H and O–H groups in total. The average Bonchev–Trinajstić information content (AvgIpc) is 2.18. The van der Waals surface area contributed by atoms with Gasteiger partial charge in [0.1, 0.15) is 9.84 Å². The maximum Gasteiger partial charge on any atom is 0.148 e. The fourth-order valence-corrected chi connectivity index (χ4v) is 4.06. The van der Waals surface area contributed by atoms with Crippen molar-refractivity contribution >= 4 is 37.5 Å². The van der Waals surface area contributed by atoms with Crippen LogP contribution in [-0.4, -0.2) is 31.3 Å². The minimum Gasteiger partial charge on any atom is -0.389 e. The Morgan fingerprint density at radius 2 is 2.12 bits per heavy atom. The lowest BCUT2D eigenvalue weighted by Gasteiger charge is -2.08. The lowest BCUT2D eigenvalue weighted by molar-refractivity contribution is 0.199. The molecule has 0 aliphatic rings. The Bertz CT molecular complexity index is 483. The normalized spacial score (nSPS) is 13.6. The number of benzene rings is 1. The maximum atomic E-state index is 11.0. The van der Waals surface area contributed by atoms with E-state index in [9.17, 15) is 13.5 Å². The second-order valence-electron chi connectivity index (χ2n) is 3.84. The molecule has 0 unspecified atom stereocenters. The molecule has 0 aromatic heterocycles. The Labute approximate surface area is 115 Å². The summed E-state index contributed by atoms with van der Waals surface area (Å²) in [7, 11) is -2.90. The van der Waals surface area contributed by atoms with Crippen molar-refractivity contribution in [2.75, 3.05) is 17.8 Å². The molecule has 3 nitrogen and oxygen atoms in total. The van der Waals surface area contributed by atoms with Crippen molar-refractivity contribution in [1.82, 2.24) is 0 Å². The molecule has 1 aromatic rings. The molecule has 0 saturated heterocycles. The van der Waals surface area contributed by atoms with Crippen LogP contribution in [0.15, 0.2) is 27.6 Å². The molecule has 6 heteroatoms. The Kier molecular flexibility index (Phi) is 5.50. The summed E-state index contributed by atoms with van der Waals surface area (Å²) < 4.78 is 22.9. The summed E-state index contributed by atoms with van der Waals surface area (Å²) in [6, 6.07) is 5.59. The van der Waals surface area contributed by atoms with Crippen molar-refractivity contribution in [2.45, 2.75) is 17.9 Å². The topological polar surface area (TPSA) is 54.4 Å². The van der Waals surface area contributed by atoms with Gasteiger partial charge in [0.05, 0.1) is 11.9 Å². The number of halogens is 1. The standard InChI is InChI=1S/C11H15BrO3S2/c1-8(13)9-3-4-11(10(12)7-9)16-5-6-17(2,14)15/h3-4,7-8,13H,5-6H2,1-2H3/t8-/m1/s1. The van der Waals surface area contributed by atoms with Crippen LogP contribution in [0.25, 0.3) is 0 Å². The van der Waals surface area contributed by atoms with E-state index in [2.05, 4.69) is 15.9 Å². The highest BCUT2D eigenvalue weighted by molar-refractivity contribution is 9.10. The predicted molar refractivity (Wildman–Crippen MR) is 75.2 cm³/mol. The SMILES string of the molecule is C[C@@H](O)c1ccc(SCCS(C)(=O)=O)c(Br)c1. The van der Waals surface area contributed by atoms with E-state index < -0.39 is 15.9 Å². The number of hydrogen-bond acceptors (Lipinski definition) is 4. The molecule has 0 aliphatic carbocycles. The monoisotopic (exact) mass is 338 g/mol. The van der Waals surface area contributed by atoms with Crippen LogP contribution in [0.5, 0.6) is 0 Å². The number of sulfone groups is 1. The van der Waals surface area contributed by atoms with Gasteiger partial charge in [-0.15, -0.1) is 11.8 Å². The van der Waals surface area contributed by atoms with Crippen molar-refractivity contribution < 1.29 is 13.5 Å². The van der Waals surface area contributed by atoms with Crippen LogP contribution in [0.1, 0.15) is 18.6 Å².